The Bertz CT molecular complexity index is 609. The number of hydrogen-bond acceptors (Lipinski definition) is 4. The quantitative estimate of drug-likeness (QED) is 0.638. The molecule has 5 heteroatoms. The molecule has 0 saturated carbocycles. The van der Waals surface area contributed by atoms with Gasteiger partial charge in [-0.2, -0.15) is 0 Å². The average molecular weight is 276 g/mol. The molecule has 0 aliphatic carbocycles. The highest BCUT2D eigenvalue weighted by Gasteiger charge is 2.12. The Balaban J connectivity index is 2.55. The van der Waals surface area contributed by atoms with Crippen LogP contribution in [0.1, 0.15) is 16.2 Å². The molecule has 0 saturated heterocycles. The Hall–Kier alpha value is -1.94. The fourth-order valence-corrected chi connectivity index (χ4v) is 2.05. The maximum atomic E-state index is 11.1. The molecule has 19 heavy (non-hydrogen) atoms. The molecule has 0 amide bonds. The fourth-order valence-electron chi connectivity index (χ4n) is 1.79. The van der Waals surface area contributed by atoms with E-state index >= 15 is 0 Å². The van der Waals surface area contributed by atoms with Crippen LogP contribution in [-0.4, -0.2) is 30.3 Å². The molecule has 0 N–H and O–H groups in total. The third-order valence-electron chi connectivity index (χ3n) is 2.79. The van der Waals surface area contributed by atoms with Crippen molar-refractivity contribution in [2.75, 3.05) is 19.0 Å². The van der Waals surface area contributed by atoms with Crippen LogP contribution in [0, 0.1) is 6.92 Å². The standard InChI is InChI=1S/C14H14ClN3O/c1-9-16-13(12(8-19)14(15)17-9)10-4-6-11(7-5-10)18(2)3/h4-8H,1-3H3. The van der Waals surface area contributed by atoms with Crippen LogP contribution in [0.2, 0.25) is 5.15 Å². The molecule has 0 aliphatic heterocycles. The number of carbonyl (C=O) groups is 1. The number of carbonyl (C=O) groups excluding carboxylic acids is 1. The predicted octanol–water partition coefficient (Wildman–Crippen LogP) is 2.98. The number of halogens is 1. The van der Waals surface area contributed by atoms with E-state index in [1.54, 1.807) is 6.92 Å². The number of nitrogens with zero attached hydrogens (tertiary/aromatic N) is 3. The first-order valence-corrected chi connectivity index (χ1v) is 6.18. The number of aryl methyl sites for hydroxylation is 1. The van der Waals surface area contributed by atoms with Gasteiger partial charge in [0, 0.05) is 25.3 Å². The second kappa shape index (κ2) is 5.36. The highest BCUT2D eigenvalue weighted by Crippen LogP contribution is 2.26. The zero-order valence-electron chi connectivity index (χ0n) is 11.0. The van der Waals surface area contributed by atoms with Gasteiger partial charge in [0.05, 0.1) is 11.3 Å². The Morgan fingerprint density at radius 2 is 1.79 bits per heavy atom. The van der Waals surface area contributed by atoms with E-state index in [1.165, 1.54) is 0 Å². The van der Waals surface area contributed by atoms with Gasteiger partial charge in [0.1, 0.15) is 11.0 Å². The van der Waals surface area contributed by atoms with Gasteiger partial charge in [-0.1, -0.05) is 23.7 Å². The monoisotopic (exact) mass is 275 g/mol. The lowest BCUT2D eigenvalue weighted by molar-refractivity contribution is 0.112. The molecule has 1 aromatic carbocycles. The van der Waals surface area contributed by atoms with Crippen molar-refractivity contribution >= 4 is 23.6 Å². The molecule has 0 spiro atoms. The molecule has 4 nitrogen and oxygen atoms in total. The molecule has 0 unspecified atom stereocenters. The summed E-state index contributed by atoms with van der Waals surface area (Å²) in [7, 11) is 3.94. The maximum Gasteiger partial charge on any atom is 0.155 e. The largest absolute Gasteiger partial charge is 0.378 e. The first-order valence-electron chi connectivity index (χ1n) is 5.80. The van der Waals surface area contributed by atoms with Gasteiger partial charge in [0.2, 0.25) is 0 Å². The lowest BCUT2D eigenvalue weighted by Gasteiger charge is -2.13. The first-order chi connectivity index (χ1) is 9.02. The van der Waals surface area contributed by atoms with E-state index in [4.69, 9.17) is 11.6 Å². The minimum absolute atomic E-state index is 0.189. The van der Waals surface area contributed by atoms with Crippen molar-refractivity contribution in [3.63, 3.8) is 0 Å². The van der Waals surface area contributed by atoms with Crippen LogP contribution in [0.4, 0.5) is 5.69 Å². The first kappa shape index (κ1) is 13.5. The summed E-state index contributed by atoms with van der Waals surface area (Å²) >= 11 is 5.98. The third kappa shape index (κ3) is 2.74. The molecule has 2 rings (SSSR count). The molecule has 0 aliphatic rings. The summed E-state index contributed by atoms with van der Waals surface area (Å²) in [5.41, 5.74) is 2.82. The lowest BCUT2D eigenvalue weighted by Crippen LogP contribution is -2.08. The minimum Gasteiger partial charge on any atom is -0.378 e. The molecule has 0 bridgehead atoms. The smallest absolute Gasteiger partial charge is 0.155 e. The molecule has 2 aromatic rings. The maximum absolute atomic E-state index is 11.1. The van der Waals surface area contributed by atoms with Crippen molar-refractivity contribution in [3.05, 3.63) is 40.8 Å². The van der Waals surface area contributed by atoms with Gasteiger partial charge in [-0.3, -0.25) is 4.79 Å². The van der Waals surface area contributed by atoms with Crippen LogP contribution < -0.4 is 4.90 Å². The van der Waals surface area contributed by atoms with Gasteiger partial charge in [0.15, 0.2) is 6.29 Å². The van der Waals surface area contributed by atoms with Gasteiger partial charge in [0.25, 0.3) is 0 Å². The van der Waals surface area contributed by atoms with E-state index in [1.807, 2.05) is 43.3 Å². The van der Waals surface area contributed by atoms with Crippen LogP contribution in [-0.2, 0) is 0 Å². The van der Waals surface area contributed by atoms with Gasteiger partial charge in [-0.15, -0.1) is 0 Å². The molecular weight excluding hydrogens is 262 g/mol. The van der Waals surface area contributed by atoms with Crippen molar-refractivity contribution < 1.29 is 4.79 Å². The van der Waals surface area contributed by atoms with Gasteiger partial charge < -0.3 is 4.90 Å². The summed E-state index contributed by atoms with van der Waals surface area (Å²) in [6, 6.07) is 7.77. The number of aldehydes is 1. The SMILES string of the molecule is Cc1nc(Cl)c(C=O)c(-c2ccc(N(C)C)cc2)n1. The normalized spacial score (nSPS) is 10.3. The molecule has 1 aromatic heterocycles. The highest BCUT2D eigenvalue weighted by molar-refractivity contribution is 6.32. The van der Waals surface area contributed by atoms with E-state index in [2.05, 4.69) is 9.97 Å². The van der Waals surface area contributed by atoms with E-state index in [9.17, 15) is 4.79 Å². The second-order valence-corrected chi connectivity index (χ2v) is 4.74. The summed E-state index contributed by atoms with van der Waals surface area (Å²) in [4.78, 5) is 21.4. The number of hydrogen-bond donors (Lipinski definition) is 0. The highest BCUT2D eigenvalue weighted by atomic mass is 35.5. The van der Waals surface area contributed by atoms with Crippen molar-refractivity contribution in [1.29, 1.82) is 0 Å². The summed E-state index contributed by atoms with van der Waals surface area (Å²) in [6.45, 7) is 1.75. The summed E-state index contributed by atoms with van der Waals surface area (Å²) in [6.07, 6.45) is 0.691. The Morgan fingerprint density at radius 3 is 2.32 bits per heavy atom. The number of rotatable bonds is 3. The Morgan fingerprint density at radius 1 is 1.16 bits per heavy atom. The molecule has 0 atom stereocenters. The summed E-state index contributed by atoms with van der Waals surface area (Å²) in [5, 5.41) is 0.189. The number of anilines is 1. The Kier molecular flexibility index (Phi) is 3.81. The van der Waals surface area contributed by atoms with Crippen molar-refractivity contribution in [1.82, 2.24) is 9.97 Å². The van der Waals surface area contributed by atoms with Gasteiger partial charge in [-0.05, 0) is 19.1 Å². The Labute approximate surface area is 117 Å². The van der Waals surface area contributed by atoms with Crippen LogP contribution in [0.25, 0.3) is 11.3 Å². The third-order valence-corrected chi connectivity index (χ3v) is 3.07. The topological polar surface area (TPSA) is 46.1 Å². The summed E-state index contributed by atoms with van der Waals surface area (Å²) < 4.78 is 0. The summed E-state index contributed by atoms with van der Waals surface area (Å²) in [5.74, 6) is 0.544. The minimum atomic E-state index is 0.189. The predicted molar refractivity (Wildman–Crippen MR) is 76.9 cm³/mol. The molecule has 98 valence electrons. The van der Waals surface area contributed by atoms with E-state index in [0.717, 1.165) is 11.3 Å². The number of benzene rings is 1. The van der Waals surface area contributed by atoms with Crippen molar-refractivity contribution in [3.8, 4) is 11.3 Å². The van der Waals surface area contributed by atoms with Crippen molar-refractivity contribution in [2.24, 2.45) is 0 Å². The fraction of sp³-hybridized carbons (Fsp3) is 0.214. The zero-order valence-corrected chi connectivity index (χ0v) is 11.8. The van der Waals surface area contributed by atoms with Crippen LogP contribution in [0.5, 0.6) is 0 Å². The molecular formula is C14H14ClN3O. The van der Waals surface area contributed by atoms with Gasteiger partial charge in [-0.25, -0.2) is 9.97 Å². The van der Waals surface area contributed by atoms with E-state index in [0.29, 0.717) is 23.4 Å². The van der Waals surface area contributed by atoms with Crippen molar-refractivity contribution in [2.45, 2.75) is 6.92 Å². The number of aromatic nitrogens is 2. The second-order valence-electron chi connectivity index (χ2n) is 4.38. The average Bonchev–Trinajstić information content (AvgIpc) is 2.38. The lowest BCUT2D eigenvalue weighted by atomic mass is 10.1. The zero-order chi connectivity index (χ0) is 14.0. The van der Waals surface area contributed by atoms with E-state index in [-0.39, 0.29) is 5.15 Å². The van der Waals surface area contributed by atoms with Crippen LogP contribution >= 0.6 is 11.6 Å². The van der Waals surface area contributed by atoms with Crippen LogP contribution in [0.3, 0.4) is 0 Å². The molecule has 1 heterocycles. The molecule has 0 fully saturated rings. The molecule has 0 radical (unpaired) electrons. The van der Waals surface area contributed by atoms with Gasteiger partial charge >= 0.3 is 0 Å². The van der Waals surface area contributed by atoms with E-state index < -0.39 is 0 Å². The van der Waals surface area contributed by atoms with Crippen LogP contribution in [0.15, 0.2) is 24.3 Å².